The molecular formula is C21H18Cl2N2O4. The van der Waals surface area contributed by atoms with Crippen LogP contribution in [-0.2, 0) is 4.74 Å². The van der Waals surface area contributed by atoms with Gasteiger partial charge in [-0.05, 0) is 49.2 Å². The van der Waals surface area contributed by atoms with Crippen molar-refractivity contribution < 1.29 is 19.4 Å². The normalized spacial score (nSPS) is 10.7. The first kappa shape index (κ1) is 20.8. The third-order valence-corrected chi connectivity index (χ3v) is 5.38. The molecule has 2 heterocycles. The highest BCUT2D eigenvalue weighted by molar-refractivity contribution is 6.38. The lowest BCUT2D eigenvalue weighted by Gasteiger charge is -2.05. The molecule has 0 saturated heterocycles. The number of aromatic amines is 2. The van der Waals surface area contributed by atoms with Crippen LogP contribution >= 0.6 is 23.2 Å². The number of nitrogens with one attached hydrogen (secondary N) is 2. The van der Waals surface area contributed by atoms with Crippen molar-refractivity contribution in [2.24, 2.45) is 0 Å². The molecule has 0 aliphatic carbocycles. The standard InChI is InChI=1S/C11H10ClNO2.C10H8ClNO2/c1-6-5-8(11(14)15-2)9(12)7-3-4-13-10(6)7;1-5-6-2-3-12-9(6)8(11)4-7(5)10(13)14/h3-5,13H,1-2H3;2-4,12H,1H3,(H,13,14). The number of carboxylic acid groups (broad SMARTS) is 1. The van der Waals surface area contributed by atoms with Gasteiger partial charge in [0.15, 0.2) is 0 Å². The van der Waals surface area contributed by atoms with Gasteiger partial charge in [-0.3, -0.25) is 0 Å². The van der Waals surface area contributed by atoms with E-state index in [4.69, 9.17) is 28.3 Å². The highest BCUT2D eigenvalue weighted by Gasteiger charge is 2.15. The van der Waals surface area contributed by atoms with Gasteiger partial charge in [-0.1, -0.05) is 23.2 Å². The Morgan fingerprint density at radius 2 is 1.59 bits per heavy atom. The van der Waals surface area contributed by atoms with E-state index in [9.17, 15) is 9.59 Å². The largest absolute Gasteiger partial charge is 0.478 e. The number of aromatic nitrogens is 2. The number of rotatable bonds is 2. The molecule has 4 aromatic rings. The molecular weight excluding hydrogens is 415 g/mol. The van der Waals surface area contributed by atoms with Crippen LogP contribution in [0.25, 0.3) is 21.8 Å². The molecule has 0 amide bonds. The number of ether oxygens (including phenoxy) is 1. The Morgan fingerprint density at radius 1 is 0.966 bits per heavy atom. The zero-order chi connectivity index (χ0) is 21.3. The summed E-state index contributed by atoms with van der Waals surface area (Å²) < 4.78 is 4.66. The van der Waals surface area contributed by atoms with Gasteiger partial charge in [0.05, 0.1) is 33.8 Å². The van der Waals surface area contributed by atoms with Crippen molar-refractivity contribution in [1.29, 1.82) is 0 Å². The van der Waals surface area contributed by atoms with Crippen LogP contribution in [0.4, 0.5) is 0 Å². The summed E-state index contributed by atoms with van der Waals surface area (Å²) in [7, 11) is 1.34. The highest BCUT2D eigenvalue weighted by Crippen LogP contribution is 2.30. The summed E-state index contributed by atoms with van der Waals surface area (Å²) >= 11 is 12.0. The SMILES string of the molecule is COC(=O)c1cc(C)c2[nH]ccc2c1Cl.Cc1c(C(=O)O)cc(Cl)c2[nH]ccc12. The number of aryl methyl sites for hydroxylation is 2. The van der Waals surface area contributed by atoms with Crippen LogP contribution < -0.4 is 0 Å². The Balaban J connectivity index is 0.000000166. The fourth-order valence-electron chi connectivity index (χ4n) is 3.19. The van der Waals surface area contributed by atoms with E-state index in [2.05, 4.69) is 14.7 Å². The summed E-state index contributed by atoms with van der Waals surface area (Å²) in [6.07, 6.45) is 3.54. The number of carboxylic acids is 1. The topological polar surface area (TPSA) is 95.2 Å². The number of methoxy groups -OCH3 is 1. The number of esters is 1. The van der Waals surface area contributed by atoms with E-state index < -0.39 is 11.9 Å². The van der Waals surface area contributed by atoms with Gasteiger partial charge in [0.25, 0.3) is 0 Å². The summed E-state index contributed by atoms with van der Waals surface area (Å²) in [5.74, 6) is -1.36. The Labute approximate surface area is 176 Å². The molecule has 6 nitrogen and oxygen atoms in total. The predicted molar refractivity (Wildman–Crippen MR) is 114 cm³/mol. The molecule has 0 aliphatic rings. The second kappa shape index (κ2) is 8.19. The summed E-state index contributed by atoms with van der Waals surface area (Å²) in [5.41, 5.74) is 4.10. The molecule has 0 saturated carbocycles. The van der Waals surface area contributed by atoms with Gasteiger partial charge in [0, 0.05) is 28.7 Å². The second-order valence-electron chi connectivity index (χ2n) is 6.42. The molecule has 0 fully saturated rings. The number of fused-ring (bicyclic) bond motifs is 2. The fourth-order valence-corrected chi connectivity index (χ4v) is 3.74. The summed E-state index contributed by atoms with van der Waals surface area (Å²) in [6.45, 7) is 3.69. The lowest BCUT2D eigenvalue weighted by molar-refractivity contribution is 0.0600. The van der Waals surface area contributed by atoms with Gasteiger partial charge in [-0.15, -0.1) is 0 Å². The maximum absolute atomic E-state index is 11.4. The first-order chi connectivity index (χ1) is 13.8. The third kappa shape index (κ3) is 3.81. The van der Waals surface area contributed by atoms with Crippen molar-refractivity contribution in [3.8, 4) is 0 Å². The van der Waals surface area contributed by atoms with Gasteiger partial charge in [-0.2, -0.15) is 0 Å². The number of H-pyrrole nitrogens is 2. The van der Waals surface area contributed by atoms with Crippen LogP contribution in [0.3, 0.4) is 0 Å². The van der Waals surface area contributed by atoms with Crippen LogP contribution in [0, 0.1) is 13.8 Å². The monoisotopic (exact) mass is 432 g/mol. The van der Waals surface area contributed by atoms with E-state index in [1.807, 2.05) is 19.1 Å². The highest BCUT2D eigenvalue weighted by atomic mass is 35.5. The Kier molecular flexibility index (Phi) is 5.86. The van der Waals surface area contributed by atoms with Gasteiger partial charge >= 0.3 is 11.9 Å². The van der Waals surface area contributed by atoms with E-state index in [0.29, 0.717) is 15.6 Å². The van der Waals surface area contributed by atoms with Crippen molar-refractivity contribution in [2.75, 3.05) is 7.11 Å². The molecule has 2 aromatic carbocycles. The number of halogens is 2. The Morgan fingerprint density at radius 3 is 2.21 bits per heavy atom. The van der Waals surface area contributed by atoms with E-state index in [0.717, 1.165) is 32.9 Å². The summed E-state index contributed by atoms with van der Waals surface area (Å²) in [4.78, 5) is 28.4. The lowest BCUT2D eigenvalue weighted by Crippen LogP contribution is -2.02. The van der Waals surface area contributed by atoms with Crippen LogP contribution in [0.15, 0.2) is 36.7 Å². The van der Waals surface area contributed by atoms with Crippen molar-refractivity contribution in [1.82, 2.24) is 9.97 Å². The van der Waals surface area contributed by atoms with E-state index >= 15 is 0 Å². The number of benzene rings is 2. The van der Waals surface area contributed by atoms with Gasteiger partial charge in [0.2, 0.25) is 0 Å². The minimum Gasteiger partial charge on any atom is -0.478 e. The minimum absolute atomic E-state index is 0.252. The minimum atomic E-state index is -0.951. The number of hydrogen-bond acceptors (Lipinski definition) is 3. The lowest BCUT2D eigenvalue weighted by atomic mass is 10.0. The number of hydrogen-bond donors (Lipinski definition) is 3. The molecule has 4 rings (SSSR count). The zero-order valence-corrected chi connectivity index (χ0v) is 17.4. The van der Waals surface area contributed by atoms with Gasteiger partial charge < -0.3 is 19.8 Å². The Hall–Kier alpha value is -2.96. The zero-order valence-electron chi connectivity index (χ0n) is 15.9. The van der Waals surface area contributed by atoms with Crippen molar-refractivity contribution in [2.45, 2.75) is 13.8 Å². The van der Waals surface area contributed by atoms with Crippen molar-refractivity contribution >= 4 is 56.9 Å². The molecule has 0 radical (unpaired) electrons. The smallest absolute Gasteiger partial charge is 0.339 e. The van der Waals surface area contributed by atoms with Crippen LogP contribution in [0.1, 0.15) is 31.8 Å². The van der Waals surface area contributed by atoms with Crippen LogP contribution in [0.5, 0.6) is 0 Å². The summed E-state index contributed by atoms with van der Waals surface area (Å²) in [6, 6.07) is 6.87. The van der Waals surface area contributed by atoms with Gasteiger partial charge in [-0.25, -0.2) is 9.59 Å². The third-order valence-electron chi connectivity index (χ3n) is 4.68. The van der Waals surface area contributed by atoms with Crippen LogP contribution in [0.2, 0.25) is 10.0 Å². The maximum Gasteiger partial charge on any atom is 0.339 e. The maximum atomic E-state index is 11.4. The number of carbonyl (C=O) groups excluding carboxylic acids is 1. The molecule has 0 atom stereocenters. The van der Waals surface area contributed by atoms with Crippen LogP contribution in [-0.4, -0.2) is 34.1 Å². The molecule has 2 aromatic heterocycles. The Bertz CT molecular complexity index is 1240. The quantitative estimate of drug-likeness (QED) is 0.351. The molecule has 8 heteroatoms. The molecule has 0 spiro atoms. The van der Waals surface area contributed by atoms with Crippen molar-refractivity contribution in [3.05, 3.63) is 69.0 Å². The molecule has 3 N–H and O–H groups in total. The van der Waals surface area contributed by atoms with E-state index in [1.54, 1.807) is 25.4 Å². The average Bonchev–Trinajstić information content (AvgIpc) is 3.37. The average molecular weight is 433 g/mol. The number of carbonyl (C=O) groups is 2. The first-order valence-electron chi connectivity index (χ1n) is 8.60. The molecule has 0 aliphatic heterocycles. The predicted octanol–water partition coefficient (Wildman–Crippen LogP) is 5.74. The van der Waals surface area contributed by atoms with E-state index in [1.165, 1.54) is 13.2 Å². The van der Waals surface area contributed by atoms with Crippen molar-refractivity contribution in [3.63, 3.8) is 0 Å². The summed E-state index contributed by atoms with van der Waals surface area (Å²) in [5, 5.41) is 11.5. The first-order valence-corrected chi connectivity index (χ1v) is 9.35. The molecule has 0 unspecified atom stereocenters. The van der Waals surface area contributed by atoms with E-state index in [-0.39, 0.29) is 5.56 Å². The molecule has 29 heavy (non-hydrogen) atoms. The number of aromatic carboxylic acids is 1. The molecule has 0 bridgehead atoms. The fraction of sp³-hybridized carbons (Fsp3) is 0.143. The van der Waals surface area contributed by atoms with Gasteiger partial charge in [0.1, 0.15) is 0 Å². The second-order valence-corrected chi connectivity index (χ2v) is 7.20. The molecule has 150 valence electrons.